The van der Waals surface area contributed by atoms with Crippen LogP contribution in [0.3, 0.4) is 0 Å². The number of hydrogen-bond acceptors (Lipinski definition) is 1. The van der Waals surface area contributed by atoms with Gasteiger partial charge in [0.2, 0.25) is 0 Å². The van der Waals surface area contributed by atoms with Crippen LogP contribution >= 0.6 is 0 Å². The predicted molar refractivity (Wildman–Crippen MR) is 106 cm³/mol. The standard InChI is InChI=1S/C19H32O.C3H8/c1-7-8-9-10-15(2)11-12-16(3)17(4)13-14-18(5)19(6)20;1-3-2/h13-16H,4-5,7-12H2,1-3,6H3;3H2,1-2H3/b14-13-;. The lowest BCUT2D eigenvalue weighted by Gasteiger charge is -2.16. The third-order valence-electron chi connectivity index (χ3n) is 3.98. The van der Waals surface area contributed by atoms with Crippen molar-refractivity contribution >= 4 is 5.78 Å². The zero-order valence-corrected chi connectivity index (χ0v) is 16.6. The smallest absolute Gasteiger partial charge is 0.159 e. The second kappa shape index (κ2) is 15.8. The minimum absolute atomic E-state index is 0.0197. The summed E-state index contributed by atoms with van der Waals surface area (Å²) in [4.78, 5) is 11.1. The van der Waals surface area contributed by atoms with E-state index in [0.29, 0.717) is 11.5 Å². The van der Waals surface area contributed by atoms with Crippen LogP contribution in [0.5, 0.6) is 0 Å². The van der Waals surface area contributed by atoms with E-state index in [1.54, 1.807) is 6.08 Å². The number of carbonyl (C=O) groups is 1. The average Bonchev–Trinajstić information content (AvgIpc) is 2.50. The summed E-state index contributed by atoms with van der Waals surface area (Å²) in [5, 5.41) is 0. The molecule has 2 unspecified atom stereocenters. The summed E-state index contributed by atoms with van der Waals surface area (Å²) in [7, 11) is 0. The van der Waals surface area contributed by atoms with E-state index >= 15 is 0 Å². The molecule has 134 valence electrons. The summed E-state index contributed by atoms with van der Waals surface area (Å²) in [6.07, 6.45) is 12.7. The van der Waals surface area contributed by atoms with E-state index in [9.17, 15) is 4.79 Å². The van der Waals surface area contributed by atoms with Gasteiger partial charge in [0, 0.05) is 5.57 Å². The molecule has 0 fully saturated rings. The topological polar surface area (TPSA) is 17.1 Å². The fourth-order valence-electron chi connectivity index (χ4n) is 2.10. The summed E-state index contributed by atoms with van der Waals surface area (Å²) in [6.45, 7) is 20.4. The van der Waals surface area contributed by atoms with E-state index in [-0.39, 0.29) is 5.78 Å². The van der Waals surface area contributed by atoms with Crippen molar-refractivity contribution in [1.29, 1.82) is 0 Å². The first-order chi connectivity index (χ1) is 10.8. The summed E-state index contributed by atoms with van der Waals surface area (Å²) >= 11 is 0. The normalized spacial score (nSPS) is 13.1. The van der Waals surface area contributed by atoms with Gasteiger partial charge in [-0.1, -0.05) is 104 Å². The van der Waals surface area contributed by atoms with Crippen molar-refractivity contribution in [1.82, 2.24) is 0 Å². The number of carbonyl (C=O) groups excluding carboxylic acids is 1. The Kier molecular flexibility index (Phi) is 16.6. The van der Waals surface area contributed by atoms with E-state index in [4.69, 9.17) is 0 Å². The fourth-order valence-corrected chi connectivity index (χ4v) is 2.10. The first-order valence-electron chi connectivity index (χ1n) is 9.36. The fraction of sp³-hybridized carbons (Fsp3) is 0.682. The summed E-state index contributed by atoms with van der Waals surface area (Å²) in [5.41, 5.74) is 1.64. The highest BCUT2D eigenvalue weighted by Crippen LogP contribution is 2.22. The largest absolute Gasteiger partial charge is 0.295 e. The third kappa shape index (κ3) is 15.6. The third-order valence-corrected chi connectivity index (χ3v) is 3.98. The van der Waals surface area contributed by atoms with Crippen LogP contribution in [0.2, 0.25) is 0 Å². The van der Waals surface area contributed by atoms with Crippen molar-refractivity contribution in [3.8, 4) is 0 Å². The molecule has 0 radical (unpaired) electrons. The van der Waals surface area contributed by atoms with Gasteiger partial charge in [0.05, 0.1) is 0 Å². The maximum Gasteiger partial charge on any atom is 0.159 e. The van der Waals surface area contributed by atoms with Crippen molar-refractivity contribution in [2.45, 2.75) is 86.5 Å². The molecule has 23 heavy (non-hydrogen) atoms. The molecule has 0 aromatic carbocycles. The summed E-state index contributed by atoms with van der Waals surface area (Å²) in [5.74, 6) is 1.29. The maximum atomic E-state index is 11.1. The lowest BCUT2D eigenvalue weighted by Crippen LogP contribution is -2.02. The van der Waals surface area contributed by atoms with Gasteiger partial charge in [-0.2, -0.15) is 0 Å². The van der Waals surface area contributed by atoms with Gasteiger partial charge < -0.3 is 0 Å². The molecule has 1 nitrogen and oxygen atoms in total. The zero-order valence-electron chi connectivity index (χ0n) is 16.6. The summed E-state index contributed by atoms with van der Waals surface area (Å²) in [6, 6.07) is 0. The van der Waals surface area contributed by atoms with Gasteiger partial charge in [-0.15, -0.1) is 0 Å². The van der Waals surface area contributed by atoms with Gasteiger partial charge in [0.15, 0.2) is 5.78 Å². The molecule has 1 heteroatoms. The molecule has 0 heterocycles. The Morgan fingerprint density at radius 2 is 1.52 bits per heavy atom. The molecule has 0 N–H and O–H groups in total. The van der Waals surface area contributed by atoms with Crippen LogP contribution < -0.4 is 0 Å². The minimum Gasteiger partial charge on any atom is -0.295 e. The highest BCUT2D eigenvalue weighted by molar-refractivity contribution is 5.95. The van der Waals surface area contributed by atoms with Gasteiger partial charge in [0.1, 0.15) is 0 Å². The number of ketones is 1. The Morgan fingerprint density at radius 1 is 0.957 bits per heavy atom. The summed E-state index contributed by atoms with van der Waals surface area (Å²) < 4.78 is 0. The monoisotopic (exact) mass is 320 g/mol. The number of allylic oxidation sites excluding steroid dienone is 4. The molecule has 0 aromatic rings. The van der Waals surface area contributed by atoms with E-state index in [2.05, 4.69) is 47.8 Å². The van der Waals surface area contributed by atoms with Crippen LogP contribution in [-0.2, 0) is 4.79 Å². The van der Waals surface area contributed by atoms with Gasteiger partial charge in [-0.3, -0.25) is 4.79 Å². The van der Waals surface area contributed by atoms with Crippen molar-refractivity contribution in [2.24, 2.45) is 11.8 Å². The molecule has 0 amide bonds. The Balaban J connectivity index is 0. The molecule has 2 atom stereocenters. The second-order valence-corrected chi connectivity index (χ2v) is 6.78. The number of rotatable bonds is 11. The number of Topliss-reactive ketones (excluding diaryl/α,β-unsaturated/α-hetero) is 1. The molecule has 0 aliphatic heterocycles. The van der Waals surface area contributed by atoms with E-state index in [0.717, 1.165) is 11.5 Å². The number of hydrogen-bond donors (Lipinski definition) is 0. The van der Waals surface area contributed by atoms with Crippen molar-refractivity contribution in [3.63, 3.8) is 0 Å². The van der Waals surface area contributed by atoms with Crippen LogP contribution in [-0.4, -0.2) is 5.78 Å². The van der Waals surface area contributed by atoms with Crippen molar-refractivity contribution in [3.05, 3.63) is 36.5 Å². The molecular weight excluding hydrogens is 280 g/mol. The molecule has 0 spiro atoms. The van der Waals surface area contributed by atoms with E-state index < -0.39 is 0 Å². The minimum atomic E-state index is 0.0197. The zero-order chi connectivity index (χ0) is 18.3. The Bertz CT molecular complexity index is 362. The van der Waals surface area contributed by atoms with E-state index in [1.165, 1.54) is 51.9 Å². The lowest BCUT2D eigenvalue weighted by molar-refractivity contribution is -0.113. The average molecular weight is 321 g/mol. The van der Waals surface area contributed by atoms with Gasteiger partial charge in [-0.25, -0.2) is 0 Å². The Labute approximate surface area is 146 Å². The first-order valence-corrected chi connectivity index (χ1v) is 9.36. The van der Waals surface area contributed by atoms with Crippen LogP contribution in [0, 0.1) is 11.8 Å². The van der Waals surface area contributed by atoms with Crippen LogP contribution in [0.15, 0.2) is 36.5 Å². The van der Waals surface area contributed by atoms with Gasteiger partial charge in [0.25, 0.3) is 0 Å². The molecule has 0 aromatic heterocycles. The van der Waals surface area contributed by atoms with Crippen molar-refractivity contribution in [2.75, 3.05) is 0 Å². The van der Waals surface area contributed by atoms with E-state index in [1.807, 2.05) is 6.08 Å². The number of unbranched alkanes of at least 4 members (excludes halogenated alkanes) is 2. The first kappa shape index (κ1) is 24.1. The predicted octanol–water partition coefficient (Wildman–Crippen LogP) is 7.29. The lowest BCUT2D eigenvalue weighted by atomic mass is 9.90. The van der Waals surface area contributed by atoms with Crippen molar-refractivity contribution < 1.29 is 4.79 Å². The molecule has 0 aliphatic carbocycles. The molecule has 0 saturated heterocycles. The molecule has 0 bridgehead atoms. The molecular formula is C22H40O. The second-order valence-electron chi connectivity index (χ2n) is 6.78. The maximum absolute atomic E-state index is 11.1. The van der Waals surface area contributed by atoms with Crippen LogP contribution in [0.25, 0.3) is 0 Å². The highest BCUT2D eigenvalue weighted by Gasteiger charge is 2.08. The quantitative estimate of drug-likeness (QED) is 0.222. The molecule has 0 rings (SSSR count). The molecule has 0 aliphatic rings. The molecule has 0 saturated carbocycles. The Morgan fingerprint density at radius 3 is 2.00 bits per heavy atom. The van der Waals surface area contributed by atoms with Crippen LogP contribution in [0.4, 0.5) is 0 Å². The van der Waals surface area contributed by atoms with Crippen LogP contribution in [0.1, 0.15) is 86.5 Å². The Hall–Kier alpha value is -1.11. The van der Waals surface area contributed by atoms with Gasteiger partial charge >= 0.3 is 0 Å². The highest BCUT2D eigenvalue weighted by atomic mass is 16.1. The SMILES string of the molecule is C=C(/C=C\C(=C)C(C)CCC(C)CCCCC)C(C)=O.CCC. The van der Waals surface area contributed by atoms with Gasteiger partial charge in [-0.05, 0) is 25.2 Å².